The van der Waals surface area contributed by atoms with E-state index in [1.807, 2.05) is 0 Å². The molecule has 0 atom stereocenters. The Morgan fingerprint density at radius 1 is 1.09 bits per heavy atom. The van der Waals surface area contributed by atoms with Crippen LogP contribution in [0.4, 0.5) is 5.69 Å². The summed E-state index contributed by atoms with van der Waals surface area (Å²) in [5, 5.41) is 0. The molecule has 0 aliphatic rings. The first-order valence-corrected chi connectivity index (χ1v) is 6.72. The number of carbonyl (C=O) groups excluding carboxylic acids is 1. The van der Waals surface area contributed by atoms with Crippen LogP contribution in [0, 0.1) is 0 Å². The van der Waals surface area contributed by atoms with Crippen LogP contribution in [0.3, 0.4) is 0 Å². The van der Waals surface area contributed by atoms with Crippen LogP contribution in [0.2, 0.25) is 0 Å². The average Bonchev–Trinajstić information content (AvgIpc) is 2.88. The van der Waals surface area contributed by atoms with Crippen molar-refractivity contribution in [2.45, 2.75) is 0 Å². The molecule has 3 rings (SSSR count). The first-order chi connectivity index (χ1) is 11.0. The fourth-order valence-corrected chi connectivity index (χ4v) is 2.29. The summed E-state index contributed by atoms with van der Waals surface area (Å²) in [5.74, 6) is -0.441. The van der Waals surface area contributed by atoms with E-state index in [4.69, 9.17) is 19.6 Å². The second-order valence-corrected chi connectivity index (χ2v) is 4.84. The summed E-state index contributed by atoms with van der Waals surface area (Å²) in [6.07, 6.45) is 0. The molecule has 0 spiro atoms. The highest BCUT2D eigenvalue weighted by molar-refractivity contribution is 6.01. The number of nitrogen functional groups attached to an aromatic ring is 1. The normalized spacial score (nSPS) is 10.7. The predicted molar refractivity (Wildman–Crippen MR) is 84.2 cm³/mol. The number of nitrogens with zero attached hydrogens (tertiary/aromatic N) is 1. The van der Waals surface area contributed by atoms with Crippen LogP contribution < -0.4 is 21.0 Å². The van der Waals surface area contributed by atoms with Crippen molar-refractivity contribution in [3.8, 4) is 11.5 Å². The van der Waals surface area contributed by atoms with E-state index in [1.165, 1.54) is 32.4 Å². The topological polar surface area (TPSA) is 96.7 Å². The molecule has 0 amide bonds. The van der Waals surface area contributed by atoms with Gasteiger partial charge in [-0.05, 0) is 24.3 Å². The fraction of sp³-hybridized carbons (Fsp3) is 0.125. The van der Waals surface area contributed by atoms with E-state index in [0.717, 1.165) is 4.57 Å². The van der Waals surface area contributed by atoms with Crippen LogP contribution in [0.5, 0.6) is 11.5 Å². The summed E-state index contributed by atoms with van der Waals surface area (Å²) in [4.78, 5) is 24.8. The van der Waals surface area contributed by atoms with Gasteiger partial charge in [-0.1, -0.05) is 0 Å². The summed E-state index contributed by atoms with van der Waals surface area (Å²) in [6.45, 7) is 0. The van der Waals surface area contributed by atoms with Crippen molar-refractivity contribution in [3.05, 3.63) is 52.5 Å². The van der Waals surface area contributed by atoms with Crippen LogP contribution in [0.1, 0.15) is 10.4 Å². The lowest BCUT2D eigenvalue weighted by Gasteiger charge is -2.08. The summed E-state index contributed by atoms with van der Waals surface area (Å²) < 4.78 is 16.3. The van der Waals surface area contributed by atoms with Gasteiger partial charge in [0.25, 0.3) is 5.91 Å². The second-order valence-electron chi connectivity index (χ2n) is 4.84. The molecule has 0 unspecified atom stereocenters. The van der Waals surface area contributed by atoms with Crippen LogP contribution >= 0.6 is 0 Å². The standard InChI is InChI=1S/C16H14N2O5/c1-21-11-5-9(6-12(8-11)22-2)15(19)18-13-4-3-10(17)7-14(13)23-16(18)20/h3-8H,17H2,1-2H3. The van der Waals surface area contributed by atoms with Crippen LogP contribution in [0.15, 0.2) is 45.6 Å². The number of fused-ring (bicyclic) bond motifs is 1. The van der Waals surface area contributed by atoms with Gasteiger partial charge in [0.2, 0.25) is 0 Å². The minimum Gasteiger partial charge on any atom is -0.497 e. The molecule has 3 aromatic rings. The largest absolute Gasteiger partial charge is 0.497 e. The van der Waals surface area contributed by atoms with Gasteiger partial charge in [0.1, 0.15) is 11.5 Å². The third-order valence-electron chi connectivity index (χ3n) is 3.41. The molecule has 0 aliphatic heterocycles. The summed E-state index contributed by atoms with van der Waals surface area (Å²) in [7, 11) is 2.95. The molecule has 1 heterocycles. The van der Waals surface area contributed by atoms with Crippen molar-refractivity contribution in [2.24, 2.45) is 0 Å². The van der Waals surface area contributed by atoms with Crippen LogP contribution in [0.25, 0.3) is 11.1 Å². The zero-order valence-corrected chi connectivity index (χ0v) is 12.5. The highest BCUT2D eigenvalue weighted by Crippen LogP contribution is 2.24. The Morgan fingerprint density at radius 2 is 1.74 bits per heavy atom. The van der Waals surface area contributed by atoms with Gasteiger partial charge in [-0.25, -0.2) is 9.36 Å². The molecule has 2 aromatic carbocycles. The van der Waals surface area contributed by atoms with Gasteiger partial charge in [-0.15, -0.1) is 0 Å². The molecular weight excluding hydrogens is 300 g/mol. The zero-order valence-electron chi connectivity index (χ0n) is 12.5. The van der Waals surface area contributed by atoms with E-state index in [1.54, 1.807) is 18.2 Å². The molecule has 7 nitrogen and oxygen atoms in total. The van der Waals surface area contributed by atoms with E-state index in [0.29, 0.717) is 22.7 Å². The molecule has 0 saturated carbocycles. The monoisotopic (exact) mass is 314 g/mol. The number of oxazole rings is 1. The summed E-state index contributed by atoms with van der Waals surface area (Å²) >= 11 is 0. The van der Waals surface area contributed by atoms with Gasteiger partial charge in [0.05, 0.1) is 19.7 Å². The third-order valence-corrected chi connectivity index (χ3v) is 3.41. The lowest BCUT2D eigenvalue weighted by molar-refractivity contribution is 0.0956. The molecule has 23 heavy (non-hydrogen) atoms. The molecule has 1 aromatic heterocycles. The molecule has 7 heteroatoms. The maximum atomic E-state index is 12.7. The van der Waals surface area contributed by atoms with Crippen molar-refractivity contribution >= 4 is 22.7 Å². The lowest BCUT2D eigenvalue weighted by Crippen LogP contribution is -2.23. The number of benzene rings is 2. The minimum atomic E-state index is -0.780. The van der Waals surface area contributed by atoms with Gasteiger partial charge in [-0.2, -0.15) is 0 Å². The molecule has 0 radical (unpaired) electrons. The van der Waals surface area contributed by atoms with E-state index < -0.39 is 11.7 Å². The average molecular weight is 314 g/mol. The number of nitrogens with two attached hydrogens (primary N) is 1. The molecule has 0 saturated heterocycles. The number of hydrogen-bond donors (Lipinski definition) is 1. The van der Waals surface area contributed by atoms with Gasteiger partial charge < -0.3 is 19.6 Å². The van der Waals surface area contributed by atoms with Crippen LogP contribution in [-0.2, 0) is 0 Å². The second kappa shape index (κ2) is 5.53. The minimum absolute atomic E-state index is 0.239. The number of aromatic nitrogens is 1. The Labute approximate surface area is 130 Å². The number of rotatable bonds is 3. The maximum Gasteiger partial charge on any atom is 0.427 e. The Hall–Kier alpha value is -3.22. The fourth-order valence-electron chi connectivity index (χ4n) is 2.29. The molecule has 0 aliphatic carbocycles. The maximum absolute atomic E-state index is 12.7. The quantitative estimate of drug-likeness (QED) is 0.741. The third kappa shape index (κ3) is 2.52. The van der Waals surface area contributed by atoms with E-state index in [2.05, 4.69) is 0 Å². The number of ether oxygens (including phenoxy) is 2. The summed E-state index contributed by atoms with van der Waals surface area (Å²) in [5.41, 5.74) is 6.93. The summed E-state index contributed by atoms with van der Waals surface area (Å²) in [6, 6.07) is 9.32. The Balaban J connectivity index is 2.18. The zero-order chi connectivity index (χ0) is 16.6. The van der Waals surface area contributed by atoms with Crippen molar-refractivity contribution in [3.63, 3.8) is 0 Å². The molecule has 118 valence electrons. The predicted octanol–water partition coefficient (Wildman–Crippen LogP) is 1.88. The highest BCUT2D eigenvalue weighted by atomic mass is 16.5. The smallest absolute Gasteiger partial charge is 0.427 e. The first-order valence-electron chi connectivity index (χ1n) is 6.72. The lowest BCUT2D eigenvalue weighted by atomic mass is 10.2. The number of methoxy groups -OCH3 is 2. The van der Waals surface area contributed by atoms with E-state index >= 15 is 0 Å². The molecule has 0 bridgehead atoms. The molecule has 0 fully saturated rings. The van der Waals surface area contributed by atoms with Gasteiger partial charge in [0.15, 0.2) is 5.58 Å². The molecular formula is C16H14N2O5. The van der Waals surface area contributed by atoms with Crippen molar-refractivity contribution in [1.29, 1.82) is 0 Å². The van der Waals surface area contributed by atoms with Crippen molar-refractivity contribution < 1.29 is 18.7 Å². The Kier molecular flexibility index (Phi) is 3.53. The van der Waals surface area contributed by atoms with Gasteiger partial charge >= 0.3 is 5.76 Å². The Morgan fingerprint density at radius 3 is 2.35 bits per heavy atom. The van der Waals surface area contributed by atoms with Crippen LogP contribution in [-0.4, -0.2) is 24.7 Å². The highest BCUT2D eigenvalue weighted by Gasteiger charge is 2.19. The van der Waals surface area contributed by atoms with Gasteiger partial charge in [0, 0.05) is 23.4 Å². The van der Waals surface area contributed by atoms with E-state index in [9.17, 15) is 9.59 Å². The molecule has 2 N–H and O–H groups in total. The Bertz CT molecular complexity index is 932. The number of carbonyl (C=O) groups is 1. The first kappa shape index (κ1) is 14.7. The van der Waals surface area contributed by atoms with Crippen molar-refractivity contribution in [1.82, 2.24) is 4.57 Å². The van der Waals surface area contributed by atoms with E-state index in [-0.39, 0.29) is 11.1 Å². The van der Waals surface area contributed by atoms with Crippen molar-refractivity contribution in [2.75, 3.05) is 20.0 Å². The number of hydrogen-bond acceptors (Lipinski definition) is 6. The van der Waals surface area contributed by atoms with Gasteiger partial charge in [-0.3, -0.25) is 4.79 Å². The number of anilines is 1. The SMILES string of the molecule is COc1cc(OC)cc(C(=O)n2c(=O)oc3cc(N)ccc32)c1.